The number of piperidine rings is 1. The second-order valence-electron chi connectivity index (χ2n) is 4.84. The summed E-state index contributed by atoms with van der Waals surface area (Å²) in [7, 11) is -3.18. The molecule has 0 atom stereocenters. The standard InChI is InChI=1S/C13H18N2O4S/c1-20(17,18)14-11-6-8-15(9-7-11)13(16)5-4-12-3-2-10-19-12/h2-5,10-11,14H,6-9H2,1H3/b5-4-. The van der Waals surface area contributed by atoms with Gasteiger partial charge in [0.05, 0.1) is 12.5 Å². The van der Waals surface area contributed by atoms with E-state index in [1.54, 1.807) is 29.4 Å². The smallest absolute Gasteiger partial charge is 0.246 e. The number of furan rings is 1. The van der Waals surface area contributed by atoms with Gasteiger partial charge < -0.3 is 9.32 Å². The van der Waals surface area contributed by atoms with Crippen molar-refractivity contribution < 1.29 is 17.6 Å². The van der Waals surface area contributed by atoms with Gasteiger partial charge in [-0.15, -0.1) is 0 Å². The van der Waals surface area contributed by atoms with Crippen LogP contribution < -0.4 is 4.72 Å². The van der Waals surface area contributed by atoms with Gasteiger partial charge in [-0.2, -0.15) is 0 Å². The van der Waals surface area contributed by atoms with Gasteiger partial charge in [-0.1, -0.05) is 0 Å². The minimum atomic E-state index is -3.18. The summed E-state index contributed by atoms with van der Waals surface area (Å²) in [6.07, 6.45) is 7.07. The van der Waals surface area contributed by atoms with Gasteiger partial charge in [-0.3, -0.25) is 4.79 Å². The molecule has 2 heterocycles. The molecule has 2 rings (SSSR count). The summed E-state index contributed by atoms with van der Waals surface area (Å²) in [4.78, 5) is 13.7. The maximum atomic E-state index is 11.9. The molecule has 0 spiro atoms. The maximum absolute atomic E-state index is 11.9. The molecule has 1 fully saturated rings. The number of hydrogen-bond acceptors (Lipinski definition) is 4. The van der Waals surface area contributed by atoms with Crippen molar-refractivity contribution in [3.8, 4) is 0 Å². The fourth-order valence-corrected chi connectivity index (χ4v) is 3.01. The van der Waals surface area contributed by atoms with Gasteiger partial charge in [0.15, 0.2) is 0 Å². The van der Waals surface area contributed by atoms with E-state index in [4.69, 9.17) is 4.42 Å². The number of carbonyl (C=O) groups excluding carboxylic acids is 1. The van der Waals surface area contributed by atoms with E-state index in [0.29, 0.717) is 31.7 Å². The Balaban J connectivity index is 1.83. The van der Waals surface area contributed by atoms with Crippen LogP contribution >= 0.6 is 0 Å². The summed E-state index contributed by atoms with van der Waals surface area (Å²) in [6, 6.07) is 3.45. The van der Waals surface area contributed by atoms with Gasteiger partial charge in [0.25, 0.3) is 0 Å². The number of amides is 1. The Hall–Kier alpha value is -1.60. The first kappa shape index (κ1) is 14.8. The SMILES string of the molecule is CS(=O)(=O)NC1CCN(C(=O)/C=C\c2ccco2)CC1. The van der Waals surface area contributed by atoms with Crippen molar-refractivity contribution in [3.63, 3.8) is 0 Å². The lowest BCUT2D eigenvalue weighted by molar-refractivity contribution is -0.126. The van der Waals surface area contributed by atoms with Crippen LogP contribution in [0.15, 0.2) is 28.9 Å². The molecule has 1 aromatic heterocycles. The Morgan fingerprint density at radius 1 is 1.45 bits per heavy atom. The first-order valence-electron chi connectivity index (χ1n) is 6.42. The van der Waals surface area contributed by atoms with Crippen molar-refractivity contribution in [1.82, 2.24) is 9.62 Å². The van der Waals surface area contributed by atoms with Crippen molar-refractivity contribution in [2.45, 2.75) is 18.9 Å². The second kappa shape index (κ2) is 6.23. The van der Waals surface area contributed by atoms with Gasteiger partial charge in [-0.25, -0.2) is 13.1 Å². The van der Waals surface area contributed by atoms with E-state index in [1.165, 1.54) is 6.08 Å². The molecule has 1 amide bonds. The molecule has 0 bridgehead atoms. The number of hydrogen-bond donors (Lipinski definition) is 1. The lowest BCUT2D eigenvalue weighted by Crippen LogP contribution is -2.45. The highest BCUT2D eigenvalue weighted by molar-refractivity contribution is 7.88. The van der Waals surface area contributed by atoms with E-state index in [-0.39, 0.29) is 11.9 Å². The molecular formula is C13H18N2O4S. The van der Waals surface area contributed by atoms with Gasteiger partial charge in [0.2, 0.25) is 15.9 Å². The second-order valence-corrected chi connectivity index (χ2v) is 6.62. The van der Waals surface area contributed by atoms with Crippen molar-refractivity contribution >= 4 is 22.0 Å². The number of likely N-dealkylation sites (tertiary alicyclic amines) is 1. The lowest BCUT2D eigenvalue weighted by atomic mass is 10.1. The minimum Gasteiger partial charge on any atom is -0.465 e. The van der Waals surface area contributed by atoms with Crippen LogP contribution in [0.1, 0.15) is 18.6 Å². The van der Waals surface area contributed by atoms with E-state index in [0.717, 1.165) is 6.26 Å². The summed E-state index contributed by atoms with van der Waals surface area (Å²) in [5, 5.41) is 0. The molecule has 7 heteroatoms. The van der Waals surface area contributed by atoms with Gasteiger partial charge >= 0.3 is 0 Å². The first-order chi connectivity index (χ1) is 9.44. The van der Waals surface area contributed by atoms with Crippen molar-refractivity contribution in [2.24, 2.45) is 0 Å². The van der Waals surface area contributed by atoms with Crippen LogP contribution in [0.4, 0.5) is 0 Å². The van der Waals surface area contributed by atoms with E-state index in [2.05, 4.69) is 4.72 Å². The van der Waals surface area contributed by atoms with E-state index < -0.39 is 10.0 Å². The molecule has 6 nitrogen and oxygen atoms in total. The average Bonchev–Trinajstić information content (AvgIpc) is 2.88. The summed E-state index contributed by atoms with van der Waals surface area (Å²) < 4.78 is 30.0. The molecule has 0 radical (unpaired) electrons. The molecule has 0 aliphatic carbocycles. The number of sulfonamides is 1. The molecule has 0 unspecified atom stereocenters. The number of nitrogens with zero attached hydrogens (tertiary/aromatic N) is 1. The minimum absolute atomic E-state index is 0.0805. The first-order valence-corrected chi connectivity index (χ1v) is 8.31. The average molecular weight is 298 g/mol. The highest BCUT2D eigenvalue weighted by atomic mass is 32.2. The van der Waals surface area contributed by atoms with Gasteiger partial charge in [0, 0.05) is 25.2 Å². The molecule has 110 valence electrons. The third-order valence-electron chi connectivity index (χ3n) is 3.12. The van der Waals surface area contributed by atoms with Gasteiger partial charge in [-0.05, 0) is 31.1 Å². The zero-order valence-electron chi connectivity index (χ0n) is 11.3. The van der Waals surface area contributed by atoms with Crippen LogP contribution in [-0.4, -0.2) is 44.6 Å². The topological polar surface area (TPSA) is 79.6 Å². The van der Waals surface area contributed by atoms with Crippen LogP contribution in [0.5, 0.6) is 0 Å². The van der Waals surface area contributed by atoms with Crippen LogP contribution in [0, 0.1) is 0 Å². The van der Waals surface area contributed by atoms with Crippen molar-refractivity contribution in [2.75, 3.05) is 19.3 Å². The molecule has 20 heavy (non-hydrogen) atoms. The Morgan fingerprint density at radius 3 is 2.70 bits per heavy atom. The molecule has 1 N–H and O–H groups in total. The predicted molar refractivity (Wildman–Crippen MR) is 75.3 cm³/mol. The number of nitrogens with one attached hydrogen (secondary N) is 1. The van der Waals surface area contributed by atoms with Crippen LogP contribution in [0.25, 0.3) is 6.08 Å². The predicted octanol–water partition coefficient (Wildman–Crippen LogP) is 0.833. The molecule has 1 aromatic rings. The zero-order valence-corrected chi connectivity index (χ0v) is 12.1. The molecule has 0 aromatic carbocycles. The lowest BCUT2D eigenvalue weighted by Gasteiger charge is -2.31. The molecule has 1 aliphatic rings. The zero-order chi connectivity index (χ0) is 14.6. The van der Waals surface area contributed by atoms with E-state index in [9.17, 15) is 13.2 Å². The summed E-state index contributed by atoms with van der Waals surface area (Å²) in [5.41, 5.74) is 0. The van der Waals surface area contributed by atoms with Crippen LogP contribution in [0.2, 0.25) is 0 Å². The fourth-order valence-electron chi connectivity index (χ4n) is 2.17. The Labute approximate surface area is 118 Å². The number of rotatable bonds is 4. The highest BCUT2D eigenvalue weighted by Gasteiger charge is 2.23. The van der Waals surface area contributed by atoms with Crippen molar-refractivity contribution in [3.05, 3.63) is 30.2 Å². The van der Waals surface area contributed by atoms with Crippen LogP contribution in [0.3, 0.4) is 0 Å². The molecule has 0 saturated carbocycles. The molecular weight excluding hydrogens is 280 g/mol. The molecule has 1 aliphatic heterocycles. The summed E-state index contributed by atoms with van der Waals surface area (Å²) >= 11 is 0. The summed E-state index contributed by atoms with van der Waals surface area (Å²) in [6.45, 7) is 1.10. The third-order valence-corrected chi connectivity index (χ3v) is 3.88. The Morgan fingerprint density at radius 2 is 2.15 bits per heavy atom. The van der Waals surface area contributed by atoms with E-state index >= 15 is 0 Å². The van der Waals surface area contributed by atoms with Gasteiger partial charge in [0.1, 0.15) is 5.76 Å². The summed E-state index contributed by atoms with van der Waals surface area (Å²) in [5.74, 6) is 0.547. The third kappa shape index (κ3) is 4.50. The quantitative estimate of drug-likeness (QED) is 0.835. The number of carbonyl (C=O) groups is 1. The monoisotopic (exact) mass is 298 g/mol. The van der Waals surface area contributed by atoms with E-state index in [1.807, 2.05) is 0 Å². The Bertz CT molecular complexity index is 570. The largest absolute Gasteiger partial charge is 0.465 e. The fraction of sp³-hybridized carbons (Fsp3) is 0.462. The molecule has 1 saturated heterocycles. The highest BCUT2D eigenvalue weighted by Crippen LogP contribution is 2.12. The van der Waals surface area contributed by atoms with Crippen LogP contribution in [-0.2, 0) is 14.8 Å². The van der Waals surface area contributed by atoms with Crippen molar-refractivity contribution in [1.29, 1.82) is 0 Å². The Kier molecular flexibility index (Phi) is 4.61. The normalized spacial score (nSPS) is 17.8. The maximum Gasteiger partial charge on any atom is 0.246 e.